The van der Waals surface area contributed by atoms with Crippen molar-refractivity contribution in [2.75, 3.05) is 33.2 Å². The molecule has 1 fully saturated rings. The topological polar surface area (TPSA) is 35.5 Å². The van der Waals surface area contributed by atoms with Gasteiger partial charge in [0.05, 0.1) is 6.10 Å². The van der Waals surface area contributed by atoms with Crippen LogP contribution in [0.25, 0.3) is 0 Å². The summed E-state index contributed by atoms with van der Waals surface area (Å²) in [7, 11) is 1.98. The fourth-order valence-electron chi connectivity index (χ4n) is 1.71. The highest BCUT2D eigenvalue weighted by Gasteiger charge is 2.16. The Morgan fingerprint density at radius 3 is 3.08 bits per heavy atom. The molecular formula is C9H20N2O. The van der Waals surface area contributed by atoms with Crippen LogP contribution < -0.4 is 5.32 Å². The largest absolute Gasteiger partial charge is 0.392 e. The fraction of sp³-hybridized carbons (Fsp3) is 1.00. The van der Waals surface area contributed by atoms with E-state index in [-0.39, 0.29) is 6.10 Å². The van der Waals surface area contributed by atoms with Crippen LogP contribution in [-0.4, -0.2) is 49.3 Å². The molecule has 3 nitrogen and oxygen atoms in total. The van der Waals surface area contributed by atoms with E-state index < -0.39 is 0 Å². The van der Waals surface area contributed by atoms with E-state index in [0.29, 0.717) is 0 Å². The maximum atomic E-state index is 9.38. The molecule has 0 radical (unpaired) electrons. The minimum absolute atomic E-state index is 0.0756. The van der Waals surface area contributed by atoms with E-state index in [1.807, 2.05) is 7.05 Å². The fourth-order valence-corrected chi connectivity index (χ4v) is 1.71. The van der Waals surface area contributed by atoms with Crippen LogP contribution in [0.1, 0.15) is 19.3 Å². The van der Waals surface area contributed by atoms with Crippen molar-refractivity contribution >= 4 is 0 Å². The first kappa shape index (κ1) is 9.96. The number of β-amino-alcohol motifs (C(OH)–C–C–N with tert-alkyl or cyclic N) is 1. The Labute approximate surface area is 74.8 Å². The van der Waals surface area contributed by atoms with Crippen molar-refractivity contribution in [1.82, 2.24) is 10.2 Å². The smallest absolute Gasteiger partial charge is 0.0667 e. The van der Waals surface area contributed by atoms with Gasteiger partial charge in [0.15, 0.2) is 0 Å². The van der Waals surface area contributed by atoms with Gasteiger partial charge < -0.3 is 15.3 Å². The van der Waals surface area contributed by atoms with Gasteiger partial charge in [0.25, 0.3) is 0 Å². The monoisotopic (exact) mass is 172 g/mol. The second kappa shape index (κ2) is 5.51. The molecule has 1 atom stereocenters. The first-order valence-corrected chi connectivity index (χ1v) is 4.88. The maximum Gasteiger partial charge on any atom is 0.0667 e. The third-order valence-electron chi connectivity index (χ3n) is 2.38. The van der Waals surface area contributed by atoms with E-state index in [2.05, 4.69) is 10.2 Å². The van der Waals surface area contributed by atoms with Crippen LogP contribution in [0.4, 0.5) is 0 Å². The van der Waals surface area contributed by atoms with Crippen molar-refractivity contribution in [2.24, 2.45) is 0 Å². The minimum atomic E-state index is -0.0756. The number of aliphatic hydroxyl groups is 1. The van der Waals surface area contributed by atoms with Crippen molar-refractivity contribution in [3.63, 3.8) is 0 Å². The Morgan fingerprint density at radius 1 is 1.58 bits per heavy atom. The molecular weight excluding hydrogens is 152 g/mol. The van der Waals surface area contributed by atoms with Crippen molar-refractivity contribution in [2.45, 2.75) is 25.4 Å². The molecule has 0 bridgehead atoms. The number of aliphatic hydroxyl groups excluding tert-OH is 1. The van der Waals surface area contributed by atoms with Gasteiger partial charge in [0.1, 0.15) is 0 Å². The molecule has 1 aliphatic rings. The third-order valence-corrected chi connectivity index (χ3v) is 2.38. The van der Waals surface area contributed by atoms with Crippen LogP contribution >= 0.6 is 0 Å². The second-order valence-corrected chi connectivity index (χ2v) is 3.55. The van der Waals surface area contributed by atoms with Gasteiger partial charge in [-0.15, -0.1) is 0 Å². The van der Waals surface area contributed by atoms with E-state index in [1.54, 1.807) is 0 Å². The molecule has 1 aliphatic heterocycles. The Balaban J connectivity index is 2.06. The van der Waals surface area contributed by atoms with Gasteiger partial charge >= 0.3 is 0 Å². The Bertz CT molecular complexity index is 119. The lowest BCUT2D eigenvalue weighted by Gasteiger charge is -2.29. The predicted octanol–water partition coefficient (Wildman–Crippen LogP) is 0.0526. The lowest BCUT2D eigenvalue weighted by Crippen LogP contribution is -2.39. The molecule has 1 unspecified atom stereocenters. The summed E-state index contributed by atoms with van der Waals surface area (Å²) in [5.41, 5.74) is 0. The summed E-state index contributed by atoms with van der Waals surface area (Å²) in [6, 6.07) is 0. The molecule has 72 valence electrons. The normalized spacial score (nSPS) is 26.0. The molecule has 0 aromatic rings. The van der Waals surface area contributed by atoms with Crippen molar-refractivity contribution < 1.29 is 5.11 Å². The first-order valence-electron chi connectivity index (χ1n) is 4.88. The van der Waals surface area contributed by atoms with Gasteiger partial charge in [-0.1, -0.05) is 0 Å². The Morgan fingerprint density at radius 2 is 2.42 bits per heavy atom. The molecule has 0 aliphatic carbocycles. The quantitative estimate of drug-likeness (QED) is 0.588. The molecule has 1 saturated heterocycles. The van der Waals surface area contributed by atoms with Crippen molar-refractivity contribution in [3.8, 4) is 0 Å². The van der Waals surface area contributed by atoms with Gasteiger partial charge in [-0.05, 0) is 45.9 Å². The average molecular weight is 172 g/mol. The molecule has 0 saturated carbocycles. The van der Waals surface area contributed by atoms with E-state index in [0.717, 1.165) is 32.5 Å². The lowest BCUT2D eigenvalue weighted by molar-refractivity contribution is 0.0703. The number of nitrogens with zero attached hydrogens (tertiary/aromatic N) is 1. The van der Waals surface area contributed by atoms with Gasteiger partial charge in [-0.3, -0.25) is 0 Å². The van der Waals surface area contributed by atoms with Gasteiger partial charge in [-0.2, -0.15) is 0 Å². The highest BCUT2D eigenvalue weighted by atomic mass is 16.3. The zero-order chi connectivity index (χ0) is 8.81. The van der Waals surface area contributed by atoms with Crippen molar-refractivity contribution in [3.05, 3.63) is 0 Å². The van der Waals surface area contributed by atoms with E-state index in [9.17, 15) is 5.11 Å². The van der Waals surface area contributed by atoms with E-state index in [4.69, 9.17) is 0 Å². The predicted molar refractivity (Wildman–Crippen MR) is 50.2 cm³/mol. The molecule has 1 rings (SSSR count). The number of nitrogens with one attached hydrogen (secondary N) is 1. The molecule has 0 aromatic heterocycles. The zero-order valence-electron chi connectivity index (χ0n) is 7.92. The number of likely N-dealkylation sites (tertiary alicyclic amines) is 1. The maximum absolute atomic E-state index is 9.38. The van der Waals surface area contributed by atoms with Gasteiger partial charge in [-0.25, -0.2) is 0 Å². The lowest BCUT2D eigenvalue weighted by atomic mass is 10.1. The van der Waals surface area contributed by atoms with E-state index in [1.165, 1.54) is 13.0 Å². The van der Waals surface area contributed by atoms with Crippen LogP contribution in [0.3, 0.4) is 0 Å². The minimum Gasteiger partial charge on any atom is -0.392 e. The van der Waals surface area contributed by atoms with E-state index >= 15 is 0 Å². The van der Waals surface area contributed by atoms with Crippen LogP contribution in [0.5, 0.6) is 0 Å². The summed E-state index contributed by atoms with van der Waals surface area (Å²) < 4.78 is 0. The summed E-state index contributed by atoms with van der Waals surface area (Å²) in [6.45, 7) is 4.25. The van der Waals surface area contributed by atoms with Crippen LogP contribution in [-0.2, 0) is 0 Å². The Hall–Kier alpha value is -0.120. The number of hydrogen-bond acceptors (Lipinski definition) is 3. The number of rotatable bonds is 4. The molecule has 3 heteroatoms. The SMILES string of the molecule is CNCCCN1CCCC(O)C1. The molecule has 0 spiro atoms. The average Bonchev–Trinajstić information content (AvgIpc) is 2.05. The van der Waals surface area contributed by atoms with Gasteiger partial charge in [0, 0.05) is 6.54 Å². The van der Waals surface area contributed by atoms with Crippen LogP contribution in [0.2, 0.25) is 0 Å². The second-order valence-electron chi connectivity index (χ2n) is 3.55. The summed E-state index contributed by atoms with van der Waals surface area (Å²) in [4.78, 5) is 2.35. The van der Waals surface area contributed by atoms with Crippen LogP contribution in [0.15, 0.2) is 0 Å². The zero-order valence-corrected chi connectivity index (χ0v) is 7.92. The highest BCUT2D eigenvalue weighted by Crippen LogP contribution is 2.09. The molecule has 1 heterocycles. The third kappa shape index (κ3) is 3.52. The Kier molecular flexibility index (Phi) is 4.58. The number of piperidine rings is 1. The molecule has 0 aromatic carbocycles. The van der Waals surface area contributed by atoms with Crippen molar-refractivity contribution in [1.29, 1.82) is 0 Å². The molecule has 0 amide bonds. The summed E-state index contributed by atoms with van der Waals surface area (Å²) in [5, 5.41) is 12.5. The molecule has 2 N–H and O–H groups in total. The number of hydrogen-bond donors (Lipinski definition) is 2. The highest BCUT2D eigenvalue weighted by molar-refractivity contribution is 4.71. The summed E-state index contributed by atoms with van der Waals surface area (Å²) >= 11 is 0. The molecule has 12 heavy (non-hydrogen) atoms. The standard InChI is InChI=1S/C9H20N2O/c1-10-5-3-7-11-6-2-4-9(12)8-11/h9-10,12H,2-8H2,1H3. The summed E-state index contributed by atoms with van der Waals surface area (Å²) in [5.74, 6) is 0. The van der Waals surface area contributed by atoms with Crippen LogP contribution in [0, 0.1) is 0 Å². The first-order chi connectivity index (χ1) is 5.83. The summed E-state index contributed by atoms with van der Waals surface area (Å²) in [6.07, 6.45) is 3.25. The van der Waals surface area contributed by atoms with Gasteiger partial charge in [0.2, 0.25) is 0 Å².